The van der Waals surface area contributed by atoms with Gasteiger partial charge in [-0.05, 0) is 47.5 Å². The van der Waals surface area contributed by atoms with Crippen LogP contribution in [0.1, 0.15) is 47.5 Å². The highest BCUT2D eigenvalue weighted by Crippen LogP contribution is 2.40. The van der Waals surface area contributed by atoms with E-state index in [4.69, 9.17) is 18.9 Å². The summed E-state index contributed by atoms with van der Waals surface area (Å²) in [6, 6.07) is -0.372. The molecule has 3 aliphatic rings. The Morgan fingerprint density at radius 2 is 2.00 bits per heavy atom. The summed E-state index contributed by atoms with van der Waals surface area (Å²) in [4.78, 5) is 26.4. The van der Waals surface area contributed by atoms with Crippen LogP contribution >= 0.6 is 0 Å². The van der Waals surface area contributed by atoms with Crippen LogP contribution in [-0.4, -0.2) is 59.2 Å². The Morgan fingerprint density at radius 3 is 2.65 bits per heavy atom. The van der Waals surface area contributed by atoms with E-state index in [1.807, 2.05) is 20.8 Å². The number of hydrogen-bond donors (Lipinski definition) is 0. The molecule has 130 valence electrons. The van der Waals surface area contributed by atoms with Crippen molar-refractivity contribution < 1.29 is 28.5 Å². The van der Waals surface area contributed by atoms with Gasteiger partial charge in [-0.25, -0.2) is 9.59 Å². The number of carbonyl (C=O) groups excluding carboxylic acids is 2. The van der Waals surface area contributed by atoms with Crippen LogP contribution < -0.4 is 0 Å². The van der Waals surface area contributed by atoms with E-state index in [1.54, 1.807) is 18.7 Å². The van der Waals surface area contributed by atoms with E-state index in [0.29, 0.717) is 13.0 Å². The van der Waals surface area contributed by atoms with Gasteiger partial charge in [-0.15, -0.1) is 0 Å². The Labute approximate surface area is 136 Å². The van der Waals surface area contributed by atoms with Crippen LogP contribution in [0.2, 0.25) is 0 Å². The van der Waals surface area contributed by atoms with Crippen molar-refractivity contribution in [3.63, 3.8) is 0 Å². The summed E-state index contributed by atoms with van der Waals surface area (Å²) in [6.45, 7) is 9.56. The molecule has 0 aromatic carbocycles. The minimum absolute atomic E-state index is 0.372. The second-order valence-corrected chi connectivity index (χ2v) is 7.80. The SMILES string of the molecule is CC(C)(C)OC(=O)N1CCC[C@@H]2OC(=O)C3OC(C)(C)OC3C21. The van der Waals surface area contributed by atoms with Gasteiger partial charge in [-0.2, -0.15) is 0 Å². The quantitative estimate of drug-likeness (QED) is 0.632. The average molecular weight is 327 g/mol. The van der Waals surface area contributed by atoms with Gasteiger partial charge >= 0.3 is 12.1 Å². The standard InChI is InChI=1S/C16H25NO6/c1-15(2,3)23-14(19)17-8-6-7-9-10(17)11-12(13(18)20-9)22-16(4,5)21-11/h9-12H,6-8H2,1-5H3/t9-,10?,11?,12?/m0/s1. The first kappa shape index (κ1) is 16.5. The first-order chi connectivity index (χ1) is 10.6. The number of ether oxygens (including phenoxy) is 4. The van der Waals surface area contributed by atoms with E-state index in [1.165, 1.54) is 0 Å². The van der Waals surface area contributed by atoms with Gasteiger partial charge < -0.3 is 18.9 Å². The molecule has 0 spiro atoms. The first-order valence-electron chi connectivity index (χ1n) is 8.13. The van der Waals surface area contributed by atoms with Crippen molar-refractivity contribution in [3.8, 4) is 0 Å². The normalized spacial score (nSPS) is 36.0. The fourth-order valence-electron chi connectivity index (χ4n) is 3.47. The summed E-state index contributed by atoms with van der Waals surface area (Å²) in [5.41, 5.74) is -0.582. The van der Waals surface area contributed by atoms with Crippen molar-refractivity contribution in [2.75, 3.05) is 6.54 Å². The van der Waals surface area contributed by atoms with E-state index in [2.05, 4.69) is 0 Å². The summed E-state index contributed by atoms with van der Waals surface area (Å²) < 4.78 is 22.6. The Balaban J connectivity index is 1.86. The molecule has 0 radical (unpaired) electrons. The maximum atomic E-state index is 12.6. The number of rotatable bonds is 0. The second-order valence-electron chi connectivity index (χ2n) is 7.80. The molecule has 0 aromatic heterocycles. The maximum absolute atomic E-state index is 12.6. The third-order valence-corrected chi connectivity index (χ3v) is 4.22. The van der Waals surface area contributed by atoms with E-state index in [9.17, 15) is 9.59 Å². The molecule has 0 aromatic rings. The van der Waals surface area contributed by atoms with Gasteiger partial charge in [0.15, 0.2) is 11.9 Å². The third-order valence-electron chi connectivity index (χ3n) is 4.22. The maximum Gasteiger partial charge on any atom is 0.410 e. The van der Waals surface area contributed by atoms with Gasteiger partial charge in [0.1, 0.15) is 23.9 Å². The smallest absolute Gasteiger partial charge is 0.410 e. The first-order valence-corrected chi connectivity index (χ1v) is 8.13. The van der Waals surface area contributed by atoms with Crippen molar-refractivity contribution in [2.24, 2.45) is 0 Å². The number of fused-ring (bicyclic) bond motifs is 3. The zero-order valence-electron chi connectivity index (χ0n) is 14.3. The minimum atomic E-state index is -0.875. The number of amides is 1. The van der Waals surface area contributed by atoms with Crippen molar-refractivity contribution in [3.05, 3.63) is 0 Å². The average Bonchev–Trinajstić information content (AvgIpc) is 2.72. The largest absolute Gasteiger partial charge is 0.458 e. The third kappa shape index (κ3) is 3.17. The number of esters is 1. The highest BCUT2D eigenvalue weighted by atomic mass is 16.8. The number of carbonyl (C=O) groups is 2. The molecule has 7 heteroatoms. The zero-order chi connectivity index (χ0) is 17.0. The lowest BCUT2D eigenvalue weighted by Crippen LogP contribution is -2.65. The molecule has 4 atom stereocenters. The predicted octanol–water partition coefficient (Wildman–Crippen LogP) is 1.83. The monoisotopic (exact) mass is 327 g/mol. The second kappa shape index (κ2) is 5.34. The molecule has 3 rings (SSSR count). The fourth-order valence-corrected chi connectivity index (χ4v) is 3.47. The molecular weight excluding hydrogens is 302 g/mol. The Morgan fingerprint density at radius 1 is 1.30 bits per heavy atom. The van der Waals surface area contributed by atoms with Crippen LogP contribution in [0.3, 0.4) is 0 Å². The van der Waals surface area contributed by atoms with E-state index >= 15 is 0 Å². The predicted molar refractivity (Wildman–Crippen MR) is 79.7 cm³/mol. The number of nitrogens with zero attached hydrogens (tertiary/aromatic N) is 1. The molecular formula is C16H25NO6. The van der Waals surface area contributed by atoms with Crippen LogP contribution in [0.25, 0.3) is 0 Å². The Bertz CT molecular complexity index is 511. The van der Waals surface area contributed by atoms with Crippen molar-refractivity contribution in [1.29, 1.82) is 0 Å². The van der Waals surface area contributed by atoms with E-state index < -0.39 is 35.7 Å². The van der Waals surface area contributed by atoms with Gasteiger partial charge in [-0.1, -0.05) is 0 Å². The van der Waals surface area contributed by atoms with Gasteiger partial charge in [0.25, 0.3) is 0 Å². The van der Waals surface area contributed by atoms with Crippen molar-refractivity contribution in [2.45, 2.75) is 83.2 Å². The van der Waals surface area contributed by atoms with Gasteiger partial charge in [0, 0.05) is 6.54 Å². The molecule has 3 saturated heterocycles. The van der Waals surface area contributed by atoms with E-state index in [-0.39, 0.29) is 12.1 Å². The molecule has 3 unspecified atom stereocenters. The van der Waals surface area contributed by atoms with Crippen LogP contribution in [0.5, 0.6) is 0 Å². The summed E-state index contributed by atoms with van der Waals surface area (Å²) in [5.74, 6) is -1.28. The molecule has 7 nitrogen and oxygen atoms in total. The summed E-state index contributed by atoms with van der Waals surface area (Å²) >= 11 is 0. The fraction of sp³-hybridized carbons (Fsp3) is 0.875. The molecule has 3 heterocycles. The molecule has 23 heavy (non-hydrogen) atoms. The van der Waals surface area contributed by atoms with Gasteiger partial charge in [-0.3, -0.25) is 4.90 Å². The molecule has 0 saturated carbocycles. The van der Waals surface area contributed by atoms with Crippen molar-refractivity contribution in [1.82, 2.24) is 4.90 Å². The lowest BCUT2D eigenvalue weighted by atomic mass is 9.89. The minimum Gasteiger partial charge on any atom is -0.458 e. The summed E-state index contributed by atoms with van der Waals surface area (Å²) in [7, 11) is 0. The molecule has 3 fully saturated rings. The Hall–Kier alpha value is -1.34. The lowest BCUT2D eigenvalue weighted by Gasteiger charge is -2.46. The zero-order valence-corrected chi connectivity index (χ0v) is 14.3. The molecule has 0 bridgehead atoms. The molecule has 1 amide bonds. The van der Waals surface area contributed by atoms with Crippen LogP contribution in [0.4, 0.5) is 4.79 Å². The van der Waals surface area contributed by atoms with Crippen LogP contribution in [-0.2, 0) is 23.7 Å². The number of likely N-dealkylation sites (tertiary alicyclic amines) is 1. The molecule has 3 aliphatic heterocycles. The van der Waals surface area contributed by atoms with Crippen LogP contribution in [0.15, 0.2) is 0 Å². The number of piperidine rings is 1. The van der Waals surface area contributed by atoms with Crippen molar-refractivity contribution >= 4 is 12.1 Å². The molecule has 0 N–H and O–H groups in total. The highest BCUT2D eigenvalue weighted by molar-refractivity contribution is 5.78. The number of hydrogen-bond acceptors (Lipinski definition) is 6. The Kier molecular flexibility index (Phi) is 3.84. The lowest BCUT2D eigenvalue weighted by molar-refractivity contribution is -0.183. The summed E-state index contributed by atoms with van der Waals surface area (Å²) in [6.07, 6.45) is -0.629. The van der Waals surface area contributed by atoms with Gasteiger partial charge in [0.2, 0.25) is 0 Å². The summed E-state index contributed by atoms with van der Waals surface area (Å²) in [5, 5.41) is 0. The topological polar surface area (TPSA) is 74.3 Å². The highest BCUT2D eigenvalue weighted by Gasteiger charge is 2.59. The van der Waals surface area contributed by atoms with E-state index in [0.717, 1.165) is 6.42 Å². The van der Waals surface area contributed by atoms with Crippen LogP contribution in [0, 0.1) is 0 Å². The molecule has 0 aliphatic carbocycles. The van der Waals surface area contributed by atoms with Gasteiger partial charge in [0.05, 0.1) is 0 Å².